The van der Waals surface area contributed by atoms with Crippen LogP contribution in [0.2, 0.25) is 0 Å². The molecule has 0 aliphatic heterocycles. The highest BCUT2D eigenvalue weighted by Crippen LogP contribution is 2.21. The zero-order chi connectivity index (χ0) is 12.1. The quantitative estimate of drug-likeness (QED) is 0.816. The van der Waals surface area contributed by atoms with Gasteiger partial charge < -0.3 is 10.6 Å². The molecule has 0 aliphatic carbocycles. The molecule has 2 N–H and O–H groups in total. The van der Waals surface area contributed by atoms with Crippen LogP contribution in [-0.2, 0) is 4.79 Å². The molecule has 0 fully saturated rings. The summed E-state index contributed by atoms with van der Waals surface area (Å²) in [6, 6.07) is 4.16. The zero-order valence-corrected chi connectivity index (χ0v) is 10.5. The molecule has 0 heterocycles. The Morgan fingerprint density at radius 3 is 2.25 bits per heavy atom. The van der Waals surface area contributed by atoms with Crippen molar-refractivity contribution in [2.24, 2.45) is 0 Å². The number of hydrogen-bond acceptors (Lipinski definition) is 2. The van der Waals surface area contributed by atoms with Gasteiger partial charge in [0.15, 0.2) is 0 Å². The van der Waals surface area contributed by atoms with Gasteiger partial charge in [-0.25, -0.2) is 0 Å². The Morgan fingerprint density at radius 2 is 1.75 bits per heavy atom. The number of carbonyl (C=O) groups is 1. The minimum atomic E-state index is 0.0110. The van der Waals surface area contributed by atoms with Crippen LogP contribution in [0.15, 0.2) is 12.1 Å². The van der Waals surface area contributed by atoms with Crippen molar-refractivity contribution in [3.8, 4) is 0 Å². The third-order valence-corrected chi connectivity index (χ3v) is 2.48. The fraction of sp³-hybridized carbons (Fsp3) is 0.462. The van der Waals surface area contributed by atoms with Crippen molar-refractivity contribution in [3.05, 3.63) is 28.8 Å². The summed E-state index contributed by atoms with van der Waals surface area (Å²) in [6.07, 6.45) is 0. The van der Waals surface area contributed by atoms with Gasteiger partial charge in [-0.15, -0.1) is 0 Å². The van der Waals surface area contributed by atoms with Crippen LogP contribution in [0.1, 0.15) is 23.6 Å². The number of carbonyl (C=O) groups excluding carboxylic acids is 1. The van der Waals surface area contributed by atoms with E-state index in [-0.39, 0.29) is 5.91 Å². The second-order valence-electron chi connectivity index (χ2n) is 4.10. The van der Waals surface area contributed by atoms with E-state index < -0.39 is 0 Å². The molecule has 1 aromatic carbocycles. The van der Waals surface area contributed by atoms with Crippen molar-refractivity contribution in [1.82, 2.24) is 5.32 Å². The molecule has 16 heavy (non-hydrogen) atoms. The number of anilines is 1. The van der Waals surface area contributed by atoms with Crippen LogP contribution >= 0.6 is 0 Å². The molecule has 1 amide bonds. The summed E-state index contributed by atoms with van der Waals surface area (Å²) in [5.74, 6) is 0.0110. The van der Waals surface area contributed by atoms with E-state index in [9.17, 15) is 4.79 Å². The molecule has 0 aliphatic rings. The Bertz CT molecular complexity index is 363. The summed E-state index contributed by atoms with van der Waals surface area (Å²) < 4.78 is 0. The molecular weight excluding hydrogens is 200 g/mol. The predicted octanol–water partition coefficient (Wildman–Crippen LogP) is 2.16. The van der Waals surface area contributed by atoms with Crippen LogP contribution in [0.3, 0.4) is 0 Å². The number of rotatable bonds is 4. The summed E-state index contributed by atoms with van der Waals surface area (Å²) in [5.41, 5.74) is 4.39. The number of nitrogens with one attached hydrogen (secondary N) is 2. The molecule has 1 rings (SSSR count). The van der Waals surface area contributed by atoms with Crippen LogP contribution in [0.5, 0.6) is 0 Å². The number of aryl methyl sites for hydroxylation is 3. The lowest BCUT2D eigenvalue weighted by Crippen LogP contribution is -2.28. The van der Waals surface area contributed by atoms with Gasteiger partial charge in [-0.3, -0.25) is 4.79 Å². The van der Waals surface area contributed by atoms with Gasteiger partial charge in [0.2, 0.25) is 5.91 Å². The average molecular weight is 220 g/mol. The highest BCUT2D eigenvalue weighted by atomic mass is 16.1. The third kappa shape index (κ3) is 3.35. The molecule has 3 nitrogen and oxygen atoms in total. The van der Waals surface area contributed by atoms with Gasteiger partial charge in [-0.05, 0) is 38.4 Å². The summed E-state index contributed by atoms with van der Waals surface area (Å²) in [5, 5.41) is 5.95. The molecule has 0 radical (unpaired) electrons. The zero-order valence-electron chi connectivity index (χ0n) is 10.5. The number of benzene rings is 1. The van der Waals surface area contributed by atoms with Crippen LogP contribution in [0, 0.1) is 20.8 Å². The SMILES string of the molecule is CCNCC(=O)Nc1c(C)cc(C)cc1C. The standard InChI is InChI=1S/C13H20N2O/c1-5-14-8-12(16)15-13-10(3)6-9(2)7-11(13)4/h6-7,14H,5,8H2,1-4H3,(H,15,16). The van der Waals surface area contributed by atoms with Gasteiger partial charge >= 0.3 is 0 Å². The molecule has 88 valence electrons. The van der Waals surface area contributed by atoms with Crippen molar-refractivity contribution < 1.29 is 4.79 Å². The number of amides is 1. The van der Waals surface area contributed by atoms with Gasteiger partial charge in [-0.1, -0.05) is 24.6 Å². The molecule has 0 saturated heterocycles. The Kier molecular flexibility index (Phi) is 4.50. The van der Waals surface area contributed by atoms with Gasteiger partial charge in [0, 0.05) is 5.69 Å². The van der Waals surface area contributed by atoms with E-state index in [2.05, 4.69) is 29.7 Å². The van der Waals surface area contributed by atoms with Gasteiger partial charge in [0.05, 0.1) is 6.54 Å². The summed E-state index contributed by atoms with van der Waals surface area (Å²) >= 11 is 0. The maximum Gasteiger partial charge on any atom is 0.238 e. The van der Waals surface area contributed by atoms with Crippen LogP contribution in [-0.4, -0.2) is 19.0 Å². The normalized spacial score (nSPS) is 10.2. The van der Waals surface area contributed by atoms with Gasteiger partial charge in [-0.2, -0.15) is 0 Å². The summed E-state index contributed by atoms with van der Waals surface area (Å²) in [4.78, 5) is 11.6. The number of hydrogen-bond donors (Lipinski definition) is 2. The molecular formula is C13H20N2O. The lowest BCUT2D eigenvalue weighted by Gasteiger charge is -2.12. The largest absolute Gasteiger partial charge is 0.324 e. The van der Waals surface area contributed by atoms with E-state index in [0.717, 1.165) is 23.4 Å². The average Bonchev–Trinajstić information content (AvgIpc) is 2.20. The van der Waals surface area contributed by atoms with E-state index in [4.69, 9.17) is 0 Å². The van der Waals surface area contributed by atoms with Crippen molar-refractivity contribution in [2.75, 3.05) is 18.4 Å². The van der Waals surface area contributed by atoms with Crippen LogP contribution < -0.4 is 10.6 Å². The molecule has 0 saturated carbocycles. The Balaban J connectivity index is 2.77. The van der Waals surface area contributed by atoms with Crippen LogP contribution in [0.25, 0.3) is 0 Å². The summed E-state index contributed by atoms with van der Waals surface area (Å²) in [6.45, 7) is 9.24. The van der Waals surface area contributed by atoms with Gasteiger partial charge in [0.25, 0.3) is 0 Å². The third-order valence-electron chi connectivity index (χ3n) is 2.48. The van der Waals surface area contributed by atoms with Crippen molar-refractivity contribution in [2.45, 2.75) is 27.7 Å². The topological polar surface area (TPSA) is 41.1 Å². The first-order chi connectivity index (χ1) is 7.54. The first kappa shape index (κ1) is 12.7. The van der Waals surface area contributed by atoms with E-state index in [1.807, 2.05) is 20.8 Å². The van der Waals surface area contributed by atoms with E-state index in [1.165, 1.54) is 5.56 Å². The Morgan fingerprint density at radius 1 is 1.19 bits per heavy atom. The maximum atomic E-state index is 11.6. The monoisotopic (exact) mass is 220 g/mol. The lowest BCUT2D eigenvalue weighted by atomic mass is 10.1. The summed E-state index contributed by atoms with van der Waals surface area (Å²) in [7, 11) is 0. The maximum absolute atomic E-state index is 11.6. The Labute approximate surface area is 97.2 Å². The van der Waals surface area contributed by atoms with Crippen molar-refractivity contribution in [1.29, 1.82) is 0 Å². The van der Waals surface area contributed by atoms with Crippen molar-refractivity contribution in [3.63, 3.8) is 0 Å². The molecule has 0 unspecified atom stereocenters. The molecule has 0 bridgehead atoms. The van der Waals surface area contributed by atoms with Gasteiger partial charge in [0.1, 0.15) is 0 Å². The molecule has 3 heteroatoms. The predicted molar refractivity (Wildman–Crippen MR) is 67.8 cm³/mol. The molecule has 0 aromatic heterocycles. The minimum Gasteiger partial charge on any atom is -0.324 e. The second kappa shape index (κ2) is 5.66. The highest BCUT2D eigenvalue weighted by molar-refractivity contribution is 5.93. The number of likely N-dealkylation sites (N-methyl/N-ethyl adjacent to an activating group) is 1. The Hall–Kier alpha value is -1.35. The van der Waals surface area contributed by atoms with Crippen molar-refractivity contribution >= 4 is 11.6 Å². The molecule has 1 aromatic rings. The lowest BCUT2D eigenvalue weighted by molar-refractivity contribution is -0.115. The molecule has 0 spiro atoms. The molecule has 0 atom stereocenters. The second-order valence-corrected chi connectivity index (χ2v) is 4.10. The first-order valence-electron chi connectivity index (χ1n) is 5.63. The van der Waals surface area contributed by atoms with E-state index in [1.54, 1.807) is 0 Å². The highest BCUT2D eigenvalue weighted by Gasteiger charge is 2.07. The van der Waals surface area contributed by atoms with E-state index in [0.29, 0.717) is 6.54 Å². The smallest absolute Gasteiger partial charge is 0.238 e. The van der Waals surface area contributed by atoms with E-state index >= 15 is 0 Å². The fourth-order valence-electron chi connectivity index (χ4n) is 1.80. The fourth-order valence-corrected chi connectivity index (χ4v) is 1.80. The minimum absolute atomic E-state index is 0.0110. The first-order valence-corrected chi connectivity index (χ1v) is 5.63. The van der Waals surface area contributed by atoms with Crippen LogP contribution in [0.4, 0.5) is 5.69 Å².